The van der Waals surface area contributed by atoms with Gasteiger partial charge in [-0.25, -0.2) is 9.59 Å². The van der Waals surface area contributed by atoms with E-state index < -0.39 is 11.9 Å². The Bertz CT molecular complexity index is 2180. The standard InChI is InChI=1S/2C25H28N2O2.4ClH/c2*1-16(2)13-21-20(15-26)23(19-11-9-17(3)10-12-19)24(25(28)29)22(27-21)14-18-7-5-4-6-8-18;;;;/h2*4-12,16H,13-15,26H2,1-3H3,(H,28,29);4*1H. The first kappa shape index (κ1) is 55.2. The molecule has 8 nitrogen and oxygen atoms in total. The van der Waals surface area contributed by atoms with Crippen LogP contribution in [0.4, 0.5) is 0 Å². The molecule has 0 aliphatic carbocycles. The van der Waals surface area contributed by atoms with Crippen molar-refractivity contribution in [1.29, 1.82) is 0 Å². The predicted molar refractivity (Wildman–Crippen MR) is 263 cm³/mol. The summed E-state index contributed by atoms with van der Waals surface area (Å²) in [5.41, 5.74) is 24.9. The summed E-state index contributed by atoms with van der Waals surface area (Å²) < 4.78 is 0. The molecule has 6 aromatic rings. The summed E-state index contributed by atoms with van der Waals surface area (Å²) in [5, 5.41) is 20.3. The summed E-state index contributed by atoms with van der Waals surface area (Å²) >= 11 is 0. The minimum absolute atomic E-state index is 0. The molecule has 6 N–H and O–H groups in total. The van der Waals surface area contributed by atoms with Crippen LogP contribution in [0.5, 0.6) is 0 Å². The maximum atomic E-state index is 12.4. The third-order valence-electron chi connectivity index (χ3n) is 10.1. The number of carbonyl (C=O) groups is 2. The highest BCUT2D eigenvalue weighted by Gasteiger charge is 2.26. The van der Waals surface area contributed by atoms with Gasteiger partial charge in [0, 0.05) is 48.4 Å². The van der Waals surface area contributed by atoms with Gasteiger partial charge < -0.3 is 21.7 Å². The highest BCUT2D eigenvalue weighted by Crippen LogP contribution is 2.35. The Morgan fingerprint density at radius 1 is 0.500 bits per heavy atom. The Hall–Kier alpha value is -4.80. The molecule has 0 amide bonds. The molecule has 0 spiro atoms. The van der Waals surface area contributed by atoms with Crippen molar-refractivity contribution in [2.24, 2.45) is 23.3 Å². The van der Waals surface area contributed by atoms with Gasteiger partial charge in [0.05, 0.1) is 22.5 Å². The lowest BCUT2D eigenvalue weighted by Gasteiger charge is -2.20. The van der Waals surface area contributed by atoms with Gasteiger partial charge in [-0.15, -0.1) is 49.6 Å². The largest absolute Gasteiger partial charge is 0.478 e. The second-order valence-corrected chi connectivity index (χ2v) is 15.7. The van der Waals surface area contributed by atoms with E-state index in [1.807, 2.05) is 123 Å². The van der Waals surface area contributed by atoms with E-state index in [2.05, 4.69) is 27.7 Å². The molecular weight excluding hydrogens is 862 g/mol. The average Bonchev–Trinajstić information content (AvgIpc) is 3.18. The molecule has 0 unspecified atom stereocenters. The highest BCUT2D eigenvalue weighted by molar-refractivity contribution is 5.99. The van der Waals surface area contributed by atoms with Gasteiger partial charge in [-0.2, -0.15) is 0 Å². The zero-order valence-electron chi connectivity index (χ0n) is 36.2. The lowest BCUT2D eigenvalue weighted by molar-refractivity contribution is 0.0685. The fraction of sp³-hybridized carbons (Fsp3) is 0.280. The number of aryl methyl sites for hydroxylation is 2. The summed E-state index contributed by atoms with van der Waals surface area (Å²) in [6.07, 6.45) is 2.45. The summed E-state index contributed by atoms with van der Waals surface area (Å²) in [7, 11) is 0. The monoisotopic (exact) mass is 920 g/mol. The van der Waals surface area contributed by atoms with Gasteiger partial charge in [0.2, 0.25) is 0 Å². The topological polar surface area (TPSA) is 152 Å². The second kappa shape index (κ2) is 26.0. The molecular formula is C50H60Cl4N4O4. The Morgan fingerprint density at radius 3 is 1.06 bits per heavy atom. The molecule has 6 rings (SSSR count). The van der Waals surface area contributed by atoms with Crippen LogP contribution in [0.2, 0.25) is 0 Å². The molecule has 0 saturated heterocycles. The summed E-state index contributed by atoms with van der Waals surface area (Å²) in [6, 6.07) is 35.6. The predicted octanol–water partition coefficient (Wildman–Crippen LogP) is 11.7. The normalized spacial score (nSPS) is 10.4. The van der Waals surface area contributed by atoms with Crippen LogP contribution in [-0.2, 0) is 38.8 Å². The van der Waals surface area contributed by atoms with Crippen molar-refractivity contribution in [1.82, 2.24) is 9.97 Å². The lowest BCUT2D eigenvalue weighted by atomic mass is 9.88. The number of halogens is 4. The van der Waals surface area contributed by atoms with Gasteiger partial charge in [0.25, 0.3) is 0 Å². The molecule has 0 aliphatic rings. The van der Waals surface area contributed by atoms with Crippen molar-refractivity contribution in [2.45, 2.75) is 80.3 Å². The van der Waals surface area contributed by atoms with Crippen LogP contribution < -0.4 is 11.5 Å². The molecule has 2 aromatic heterocycles. The molecule has 0 fully saturated rings. The molecule has 0 bridgehead atoms. The van der Waals surface area contributed by atoms with Gasteiger partial charge in [-0.1, -0.05) is 148 Å². The highest BCUT2D eigenvalue weighted by atomic mass is 35.5. The molecule has 0 saturated carbocycles. The van der Waals surface area contributed by atoms with E-state index in [9.17, 15) is 19.8 Å². The quantitative estimate of drug-likeness (QED) is 0.0843. The summed E-state index contributed by atoms with van der Waals surface area (Å²) in [4.78, 5) is 34.5. The van der Waals surface area contributed by atoms with Crippen molar-refractivity contribution in [3.05, 3.63) is 176 Å². The van der Waals surface area contributed by atoms with E-state index in [0.717, 1.165) is 68.7 Å². The molecule has 4 aromatic carbocycles. The summed E-state index contributed by atoms with van der Waals surface area (Å²) in [6.45, 7) is 13.1. The van der Waals surface area contributed by atoms with Gasteiger partial charge in [0.15, 0.2) is 0 Å². The average molecular weight is 923 g/mol. The first-order valence-electron chi connectivity index (χ1n) is 20.0. The van der Waals surface area contributed by atoms with Crippen molar-refractivity contribution < 1.29 is 19.8 Å². The van der Waals surface area contributed by atoms with Crippen molar-refractivity contribution >= 4 is 61.6 Å². The SMILES string of the molecule is Cc1ccc(-c2c(CN)c(CC(C)C)nc(Cc3ccccc3)c2C(=O)O)cc1.Cc1ccc(-c2c(CN)c(CC(C)C)nc(Cc3ccccc3)c2C(=O)O)cc1.Cl.Cl.Cl.Cl. The number of aromatic carboxylic acids is 2. The lowest BCUT2D eigenvalue weighted by Crippen LogP contribution is -2.17. The van der Waals surface area contributed by atoms with Crippen LogP contribution >= 0.6 is 49.6 Å². The van der Waals surface area contributed by atoms with Gasteiger partial charge >= 0.3 is 11.9 Å². The first-order chi connectivity index (χ1) is 27.8. The molecule has 0 radical (unpaired) electrons. The Morgan fingerprint density at radius 2 is 0.806 bits per heavy atom. The third-order valence-corrected chi connectivity index (χ3v) is 10.1. The van der Waals surface area contributed by atoms with Gasteiger partial charge in [0.1, 0.15) is 0 Å². The van der Waals surface area contributed by atoms with Crippen LogP contribution in [0.25, 0.3) is 22.3 Å². The zero-order chi connectivity index (χ0) is 41.9. The van der Waals surface area contributed by atoms with E-state index >= 15 is 0 Å². The third kappa shape index (κ3) is 14.1. The molecule has 0 atom stereocenters. The number of hydrogen-bond donors (Lipinski definition) is 4. The second-order valence-electron chi connectivity index (χ2n) is 15.7. The minimum atomic E-state index is -0.968. The number of nitrogens with two attached hydrogens (primary N) is 2. The van der Waals surface area contributed by atoms with Gasteiger partial charge in [-0.05, 0) is 71.9 Å². The fourth-order valence-corrected chi connectivity index (χ4v) is 7.37. The van der Waals surface area contributed by atoms with E-state index in [0.29, 0.717) is 47.2 Å². The first-order valence-corrected chi connectivity index (χ1v) is 20.0. The van der Waals surface area contributed by atoms with E-state index in [1.165, 1.54) is 0 Å². The number of hydrogen-bond acceptors (Lipinski definition) is 6. The maximum Gasteiger partial charge on any atom is 0.338 e. The van der Waals surface area contributed by atoms with Crippen LogP contribution in [0.15, 0.2) is 109 Å². The van der Waals surface area contributed by atoms with Crippen LogP contribution in [0.1, 0.15) is 105 Å². The molecule has 0 aliphatic heterocycles. The maximum absolute atomic E-state index is 12.4. The number of carboxylic acids is 2. The van der Waals surface area contributed by atoms with Gasteiger partial charge in [-0.3, -0.25) is 9.97 Å². The van der Waals surface area contributed by atoms with E-state index in [-0.39, 0.29) is 73.8 Å². The number of rotatable bonds is 14. The Labute approximate surface area is 391 Å². The summed E-state index contributed by atoms with van der Waals surface area (Å²) in [5.74, 6) is -1.16. The van der Waals surface area contributed by atoms with Crippen molar-refractivity contribution in [3.63, 3.8) is 0 Å². The van der Waals surface area contributed by atoms with Crippen LogP contribution in [0.3, 0.4) is 0 Å². The number of benzene rings is 4. The molecule has 62 heavy (non-hydrogen) atoms. The molecule has 2 heterocycles. The Balaban J connectivity index is 0.000000582. The van der Waals surface area contributed by atoms with Crippen molar-refractivity contribution in [3.8, 4) is 22.3 Å². The number of nitrogens with zero attached hydrogens (tertiary/aromatic N) is 2. The molecule has 12 heteroatoms. The fourth-order valence-electron chi connectivity index (χ4n) is 7.37. The molecule has 332 valence electrons. The number of carboxylic acid groups (broad SMARTS) is 2. The number of pyridine rings is 2. The zero-order valence-corrected chi connectivity index (χ0v) is 39.4. The van der Waals surface area contributed by atoms with E-state index in [1.54, 1.807) is 0 Å². The van der Waals surface area contributed by atoms with Crippen LogP contribution in [-0.4, -0.2) is 32.1 Å². The minimum Gasteiger partial charge on any atom is -0.478 e. The van der Waals surface area contributed by atoms with Crippen molar-refractivity contribution in [2.75, 3.05) is 0 Å². The smallest absolute Gasteiger partial charge is 0.338 e. The number of aromatic nitrogens is 2. The van der Waals surface area contributed by atoms with E-state index in [4.69, 9.17) is 21.4 Å². The Kier molecular flexibility index (Phi) is 23.1. The van der Waals surface area contributed by atoms with Crippen LogP contribution in [0, 0.1) is 25.7 Å².